The van der Waals surface area contributed by atoms with Crippen molar-refractivity contribution in [2.24, 2.45) is 0 Å². The SMILES string of the molecule is O=C(/C=C/c1ccc(O)cc1)OC[C@@H](O)CO[C@@H]1O[C@H](CO)[C@@H](O)[C@H](O)[C@H]1O. The van der Waals surface area contributed by atoms with Crippen molar-refractivity contribution in [3.8, 4) is 5.75 Å². The number of aromatic hydroxyl groups is 1. The molecule has 1 fully saturated rings. The fraction of sp³-hybridized carbons (Fsp3) is 0.500. The molecule has 1 aliphatic heterocycles. The Hall–Kier alpha value is -2.05. The molecule has 2 rings (SSSR count). The first kappa shape index (κ1) is 22.2. The van der Waals surface area contributed by atoms with Crippen LogP contribution in [0.4, 0.5) is 0 Å². The van der Waals surface area contributed by atoms with Crippen molar-refractivity contribution in [1.82, 2.24) is 0 Å². The van der Waals surface area contributed by atoms with Crippen LogP contribution in [-0.4, -0.2) is 93.2 Å². The lowest BCUT2D eigenvalue weighted by Gasteiger charge is -2.39. The van der Waals surface area contributed by atoms with E-state index in [2.05, 4.69) is 0 Å². The van der Waals surface area contributed by atoms with Gasteiger partial charge in [-0.2, -0.15) is 0 Å². The molecular weight excluding hydrogens is 376 g/mol. The van der Waals surface area contributed by atoms with E-state index in [-0.39, 0.29) is 5.75 Å². The third kappa shape index (κ3) is 6.24. The summed E-state index contributed by atoms with van der Waals surface area (Å²) in [6.45, 7) is -1.38. The van der Waals surface area contributed by atoms with E-state index in [0.717, 1.165) is 6.08 Å². The summed E-state index contributed by atoms with van der Waals surface area (Å²) in [5, 5.41) is 57.2. The van der Waals surface area contributed by atoms with E-state index >= 15 is 0 Å². The summed E-state index contributed by atoms with van der Waals surface area (Å²) in [6.07, 6.45) is -5.80. The standard InChI is InChI=1S/C18H24O10/c19-7-13-15(23)16(24)17(25)18(28-13)27-9-12(21)8-26-14(22)6-3-10-1-4-11(20)5-2-10/h1-6,12-13,15-21,23-25H,7-9H2/b6-3+/t12-,13-,15-,16+,17-,18-/m1/s1. The molecule has 6 N–H and O–H groups in total. The second-order valence-electron chi connectivity index (χ2n) is 6.24. The molecule has 0 spiro atoms. The van der Waals surface area contributed by atoms with E-state index in [1.54, 1.807) is 12.1 Å². The number of hydrogen-bond donors (Lipinski definition) is 6. The molecule has 0 unspecified atom stereocenters. The van der Waals surface area contributed by atoms with Crippen molar-refractivity contribution in [2.75, 3.05) is 19.8 Å². The van der Waals surface area contributed by atoms with Crippen LogP contribution in [0.1, 0.15) is 5.56 Å². The van der Waals surface area contributed by atoms with Crippen LogP contribution in [0.3, 0.4) is 0 Å². The zero-order valence-corrected chi connectivity index (χ0v) is 14.9. The van der Waals surface area contributed by atoms with Crippen LogP contribution in [-0.2, 0) is 19.0 Å². The second kappa shape index (κ2) is 10.5. The molecule has 0 radical (unpaired) electrons. The first-order valence-electron chi connectivity index (χ1n) is 8.56. The smallest absolute Gasteiger partial charge is 0.330 e. The Kier molecular flexibility index (Phi) is 8.33. The van der Waals surface area contributed by atoms with Gasteiger partial charge in [0, 0.05) is 6.08 Å². The number of phenolic OH excluding ortho intramolecular Hbond substituents is 1. The van der Waals surface area contributed by atoms with E-state index in [1.165, 1.54) is 18.2 Å². The van der Waals surface area contributed by atoms with E-state index in [1.807, 2.05) is 0 Å². The largest absolute Gasteiger partial charge is 0.508 e. The predicted molar refractivity (Wildman–Crippen MR) is 93.8 cm³/mol. The number of benzene rings is 1. The number of aliphatic hydroxyl groups is 5. The summed E-state index contributed by atoms with van der Waals surface area (Å²) >= 11 is 0. The Balaban J connectivity index is 1.73. The minimum absolute atomic E-state index is 0.0993. The number of aliphatic hydroxyl groups excluding tert-OH is 5. The van der Waals surface area contributed by atoms with Crippen molar-refractivity contribution >= 4 is 12.0 Å². The molecule has 0 aromatic heterocycles. The molecule has 1 aromatic carbocycles. The van der Waals surface area contributed by atoms with Gasteiger partial charge in [0.15, 0.2) is 6.29 Å². The Morgan fingerprint density at radius 3 is 2.43 bits per heavy atom. The van der Waals surface area contributed by atoms with Crippen LogP contribution in [0.15, 0.2) is 30.3 Å². The van der Waals surface area contributed by atoms with Crippen molar-refractivity contribution < 1.29 is 49.6 Å². The summed E-state index contributed by atoms with van der Waals surface area (Å²) in [5.74, 6) is -0.609. The lowest BCUT2D eigenvalue weighted by molar-refractivity contribution is -0.304. The topological polar surface area (TPSA) is 166 Å². The normalized spacial score (nSPS) is 29.0. The highest BCUT2D eigenvalue weighted by Gasteiger charge is 2.44. The molecule has 0 aliphatic carbocycles. The number of carbonyl (C=O) groups is 1. The fourth-order valence-corrected chi connectivity index (χ4v) is 2.44. The molecule has 6 atom stereocenters. The molecule has 1 aliphatic rings. The third-order valence-electron chi connectivity index (χ3n) is 4.02. The molecule has 10 heteroatoms. The van der Waals surface area contributed by atoms with Crippen LogP contribution in [0.2, 0.25) is 0 Å². The average Bonchev–Trinajstić information content (AvgIpc) is 2.69. The van der Waals surface area contributed by atoms with E-state index < -0.39 is 62.6 Å². The highest BCUT2D eigenvalue weighted by molar-refractivity contribution is 5.87. The Bertz CT molecular complexity index is 644. The van der Waals surface area contributed by atoms with Crippen molar-refractivity contribution in [1.29, 1.82) is 0 Å². The first-order valence-corrected chi connectivity index (χ1v) is 8.56. The number of carbonyl (C=O) groups excluding carboxylic acids is 1. The van der Waals surface area contributed by atoms with Gasteiger partial charge in [-0.25, -0.2) is 4.79 Å². The van der Waals surface area contributed by atoms with Crippen LogP contribution in [0.5, 0.6) is 5.75 Å². The maximum atomic E-state index is 11.6. The van der Waals surface area contributed by atoms with E-state index in [0.29, 0.717) is 5.56 Å². The van der Waals surface area contributed by atoms with Crippen LogP contribution >= 0.6 is 0 Å². The lowest BCUT2D eigenvalue weighted by atomic mass is 9.99. The molecule has 0 amide bonds. The summed E-state index contributed by atoms with van der Waals surface area (Å²) in [5.41, 5.74) is 0.668. The van der Waals surface area contributed by atoms with Gasteiger partial charge in [-0.15, -0.1) is 0 Å². The highest BCUT2D eigenvalue weighted by atomic mass is 16.7. The van der Waals surface area contributed by atoms with E-state index in [4.69, 9.17) is 19.3 Å². The Morgan fingerprint density at radius 1 is 1.11 bits per heavy atom. The minimum Gasteiger partial charge on any atom is -0.508 e. The van der Waals surface area contributed by atoms with Gasteiger partial charge in [-0.3, -0.25) is 0 Å². The molecule has 28 heavy (non-hydrogen) atoms. The lowest BCUT2D eigenvalue weighted by Crippen LogP contribution is -2.59. The minimum atomic E-state index is -1.59. The molecule has 1 aromatic rings. The molecule has 0 saturated carbocycles. The summed E-state index contributed by atoms with van der Waals surface area (Å²) < 4.78 is 15.1. The number of ether oxygens (including phenoxy) is 3. The predicted octanol–water partition coefficient (Wildman–Crippen LogP) is -1.87. The fourth-order valence-electron chi connectivity index (χ4n) is 2.44. The van der Waals surface area contributed by atoms with Gasteiger partial charge in [0.05, 0.1) is 13.2 Å². The van der Waals surface area contributed by atoms with Gasteiger partial charge >= 0.3 is 5.97 Å². The van der Waals surface area contributed by atoms with Gasteiger partial charge in [0.2, 0.25) is 0 Å². The van der Waals surface area contributed by atoms with Crippen molar-refractivity contribution in [2.45, 2.75) is 36.8 Å². The first-order chi connectivity index (χ1) is 13.3. The molecule has 1 saturated heterocycles. The monoisotopic (exact) mass is 400 g/mol. The Labute approximate surface area is 160 Å². The molecular formula is C18H24O10. The summed E-state index contributed by atoms with van der Waals surface area (Å²) in [4.78, 5) is 11.6. The Morgan fingerprint density at radius 2 is 1.79 bits per heavy atom. The summed E-state index contributed by atoms with van der Waals surface area (Å²) in [7, 11) is 0. The third-order valence-corrected chi connectivity index (χ3v) is 4.02. The zero-order chi connectivity index (χ0) is 20.7. The summed E-state index contributed by atoms with van der Waals surface area (Å²) in [6, 6.07) is 6.13. The number of hydrogen-bond acceptors (Lipinski definition) is 10. The van der Waals surface area contributed by atoms with Crippen LogP contribution in [0, 0.1) is 0 Å². The number of rotatable bonds is 8. The highest BCUT2D eigenvalue weighted by Crippen LogP contribution is 2.22. The van der Waals surface area contributed by atoms with Gasteiger partial charge in [0.25, 0.3) is 0 Å². The van der Waals surface area contributed by atoms with Crippen molar-refractivity contribution in [3.05, 3.63) is 35.9 Å². The maximum Gasteiger partial charge on any atom is 0.330 e. The van der Waals surface area contributed by atoms with Crippen LogP contribution in [0.25, 0.3) is 6.08 Å². The molecule has 10 nitrogen and oxygen atoms in total. The quantitative estimate of drug-likeness (QED) is 0.215. The van der Waals surface area contributed by atoms with Gasteiger partial charge in [-0.1, -0.05) is 12.1 Å². The van der Waals surface area contributed by atoms with Crippen molar-refractivity contribution in [3.63, 3.8) is 0 Å². The average molecular weight is 400 g/mol. The van der Waals surface area contributed by atoms with Gasteiger partial charge < -0.3 is 44.8 Å². The van der Waals surface area contributed by atoms with Crippen LogP contribution < -0.4 is 0 Å². The zero-order valence-electron chi connectivity index (χ0n) is 14.9. The number of esters is 1. The molecule has 0 bridgehead atoms. The van der Waals surface area contributed by atoms with Gasteiger partial charge in [0.1, 0.15) is 42.9 Å². The molecule has 156 valence electrons. The maximum absolute atomic E-state index is 11.6. The molecule has 1 heterocycles. The van der Waals surface area contributed by atoms with E-state index in [9.17, 15) is 30.3 Å². The second-order valence-corrected chi connectivity index (χ2v) is 6.24. The van der Waals surface area contributed by atoms with Gasteiger partial charge in [-0.05, 0) is 23.8 Å². The number of phenols is 1.